The molecule has 4 heteroatoms. The predicted molar refractivity (Wildman–Crippen MR) is 60.7 cm³/mol. The lowest BCUT2D eigenvalue weighted by molar-refractivity contribution is 0.535. The average Bonchev–Trinajstić information content (AvgIpc) is 2.92. The van der Waals surface area contributed by atoms with Crippen LogP contribution in [0.4, 0.5) is 0 Å². The summed E-state index contributed by atoms with van der Waals surface area (Å²) in [6, 6.07) is 2.80. The summed E-state index contributed by atoms with van der Waals surface area (Å²) in [5, 5.41) is 11.1. The highest BCUT2D eigenvalue weighted by molar-refractivity contribution is 4.80. The van der Waals surface area contributed by atoms with Gasteiger partial charge in [-0.3, -0.25) is 4.68 Å². The minimum absolute atomic E-state index is 0.842. The zero-order valence-electron chi connectivity index (χ0n) is 9.15. The molecule has 0 bridgehead atoms. The topological polar surface area (TPSA) is 41.9 Å². The Kier molecular flexibility index (Phi) is 4.17. The minimum atomic E-state index is 0.842. The van der Waals surface area contributed by atoms with Gasteiger partial charge in [-0.1, -0.05) is 0 Å². The number of hydrogen-bond acceptors (Lipinski definition) is 3. The SMILES string of the molecule is c1cnn(CCNCCCNC2CC2)c1. The lowest BCUT2D eigenvalue weighted by Crippen LogP contribution is -2.25. The largest absolute Gasteiger partial charge is 0.315 e. The highest BCUT2D eigenvalue weighted by Crippen LogP contribution is 2.18. The summed E-state index contributed by atoms with van der Waals surface area (Å²) in [7, 11) is 0. The van der Waals surface area contributed by atoms with Gasteiger partial charge in [-0.25, -0.2) is 0 Å². The van der Waals surface area contributed by atoms with Crippen molar-refractivity contribution in [1.29, 1.82) is 0 Å². The van der Waals surface area contributed by atoms with Gasteiger partial charge >= 0.3 is 0 Å². The Bertz CT molecular complexity index is 254. The molecule has 1 heterocycles. The molecule has 2 N–H and O–H groups in total. The second kappa shape index (κ2) is 5.88. The van der Waals surface area contributed by atoms with Crippen LogP contribution in [-0.2, 0) is 6.54 Å². The molecule has 0 unspecified atom stereocenters. The minimum Gasteiger partial charge on any atom is -0.315 e. The summed E-state index contributed by atoms with van der Waals surface area (Å²) < 4.78 is 1.95. The van der Waals surface area contributed by atoms with Gasteiger partial charge in [-0.05, 0) is 38.4 Å². The van der Waals surface area contributed by atoms with Crippen molar-refractivity contribution < 1.29 is 0 Å². The maximum Gasteiger partial charge on any atom is 0.0533 e. The Morgan fingerprint density at radius 2 is 2.20 bits per heavy atom. The van der Waals surface area contributed by atoms with E-state index in [0.717, 1.165) is 32.2 Å². The van der Waals surface area contributed by atoms with Gasteiger partial charge in [0.05, 0.1) is 6.54 Å². The van der Waals surface area contributed by atoms with E-state index in [1.807, 2.05) is 23.1 Å². The van der Waals surface area contributed by atoms with E-state index in [9.17, 15) is 0 Å². The molecular formula is C11H20N4. The molecule has 1 aromatic heterocycles. The monoisotopic (exact) mass is 208 g/mol. The van der Waals surface area contributed by atoms with Crippen LogP contribution in [0.1, 0.15) is 19.3 Å². The van der Waals surface area contributed by atoms with Gasteiger partial charge < -0.3 is 10.6 Å². The van der Waals surface area contributed by atoms with E-state index in [1.165, 1.54) is 19.3 Å². The molecule has 15 heavy (non-hydrogen) atoms. The lowest BCUT2D eigenvalue weighted by Gasteiger charge is -2.05. The van der Waals surface area contributed by atoms with Gasteiger partial charge in [0.2, 0.25) is 0 Å². The smallest absolute Gasteiger partial charge is 0.0533 e. The number of hydrogen-bond donors (Lipinski definition) is 2. The second-order valence-corrected chi connectivity index (χ2v) is 4.10. The van der Waals surface area contributed by atoms with Crippen LogP contribution in [-0.4, -0.2) is 35.5 Å². The fourth-order valence-electron chi connectivity index (χ4n) is 1.56. The summed E-state index contributed by atoms with van der Waals surface area (Å²) in [4.78, 5) is 0. The van der Waals surface area contributed by atoms with E-state index in [-0.39, 0.29) is 0 Å². The summed E-state index contributed by atoms with van der Waals surface area (Å²) in [6.07, 6.45) is 7.80. The maximum atomic E-state index is 4.15. The Morgan fingerprint density at radius 1 is 1.27 bits per heavy atom. The van der Waals surface area contributed by atoms with E-state index in [0.29, 0.717) is 0 Å². The van der Waals surface area contributed by atoms with Gasteiger partial charge in [0, 0.05) is 25.0 Å². The van der Waals surface area contributed by atoms with Crippen molar-refractivity contribution in [3.8, 4) is 0 Å². The van der Waals surface area contributed by atoms with Crippen LogP contribution in [0.3, 0.4) is 0 Å². The Morgan fingerprint density at radius 3 is 2.93 bits per heavy atom. The van der Waals surface area contributed by atoms with Crippen molar-refractivity contribution in [2.45, 2.75) is 31.8 Å². The van der Waals surface area contributed by atoms with E-state index >= 15 is 0 Å². The molecule has 0 atom stereocenters. The van der Waals surface area contributed by atoms with Crippen LogP contribution < -0.4 is 10.6 Å². The Hall–Kier alpha value is -0.870. The molecule has 1 aromatic rings. The van der Waals surface area contributed by atoms with Crippen molar-refractivity contribution >= 4 is 0 Å². The molecule has 1 fully saturated rings. The van der Waals surface area contributed by atoms with Gasteiger partial charge in [-0.2, -0.15) is 5.10 Å². The first kappa shape index (κ1) is 10.6. The first-order valence-electron chi connectivity index (χ1n) is 5.87. The van der Waals surface area contributed by atoms with Gasteiger partial charge in [-0.15, -0.1) is 0 Å². The molecule has 1 aliphatic carbocycles. The Balaban J connectivity index is 1.38. The summed E-state index contributed by atoms with van der Waals surface area (Å²) >= 11 is 0. The Labute approximate surface area is 91.1 Å². The first-order chi connectivity index (χ1) is 7.45. The van der Waals surface area contributed by atoms with Crippen LogP contribution >= 0.6 is 0 Å². The molecule has 84 valence electrons. The molecule has 4 nitrogen and oxygen atoms in total. The molecule has 0 aromatic carbocycles. The normalized spacial score (nSPS) is 15.7. The highest BCUT2D eigenvalue weighted by Gasteiger charge is 2.19. The van der Waals surface area contributed by atoms with Crippen molar-refractivity contribution in [3.63, 3.8) is 0 Å². The van der Waals surface area contributed by atoms with Gasteiger partial charge in [0.15, 0.2) is 0 Å². The number of rotatable bonds is 8. The van der Waals surface area contributed by atoms with Gasteiger partial charge in [0.25, 0.3) is 0 Å². The molecule has 0 saturated heterocycles. The zero-order chi connectivity index (χ0) is 10.3. The fourth-order valence-corrected chi connectivity index (χ4v) is 1.56. The fraction of sp³-hybridized carbons (Fsp3) is 0.727. The van der Waals surface area contributed by atoms with Gasteiger partial charge in [0.1, 0.15) is 0 Å². The van der Waals surface area contributed by atoms with E-state index in [2.05, 4.69) is 15.7 Å². The standard InChI is InChI=1S/C11H20N4/c1(6-13-11-3-4-11)5-12-8-10-15-9-2-7-14-15/h2,7,9,11-13H,1,3-6,8,10H2. The predicted octanol–water partition coefficient (Wildman–Crippen LogP) is 0.615. The highest BCUT2D eigenvalue weighted by atomic mass is 15.3. The average molecular weight is 208 g/mol. The molecule has 0 aliphatic heterocycles. The maximum absolute atomic E-state index is 4.15. The third-order valence-corrected chi connectivity index (χ3v) is 2.62. The molecule has 1 saturated carbocycles. The molecule has 0 radical (unpaired) electrons. The molecule has 0 spiro atoms. The van der Waals surface area contributed by atoms with Crippen molar-refractivity contribution in [3.05, 3.63) is 18.5 Å². The molecule has 1 aliphatic rings. The number of nitrogens with zero attached hydrogens (tertiary/aromatic N) is 2. The lowest BCUT2D eigenvalue weighted by atomic mass is 10.4. The van der Waals surface area contributed by atoms with Crippen LogP contribution in [0.15, 0.2) is 18.5 Å². The first-order valence-corrected chi connectivity index (χ1v) is 5.87. The third kappa shape index (κ3) is 4.44. The van der Waals surface area contributed by atoms with Crippen LogP contribution in [0, 0.1) is 0 Å². The van der Waals surface area contributed by atoms with Crippen LogP contribution in [0.25, 0.3) is 0 Å². The van der Waals surface area contributed by atoms with E-state index < -0.39 is 0 Å². The van der Waals surface area contributed by atoms with E-state index in [1.54, 1.807) is 0 Å². The zero-order valence-corrected chi connectivity index (χ0v) is 9.15. The van der Waals surface area contributed by atoms with Crippen molar-refractivity contribution in [2.75, 3.05) is 19.6 Å². The molecule has 2 rings (SSSR count). The summed E-state index contributed by atoms with van der Waals surface area (Å²) in [6.45, 7) is 4.22. The van der Waals surface area contributed by atoms with Crippen LogP contribution in [0.2, 0.25) is 0 Å². The quantitative estimate of drug-likeness (QED) is 0.615. The van der Waals surface area contributed by atoms with E-state index in [4.69, 9.17) is 0 Å². The summed E-state index contributed by atoms with van der Waals surface area (Å²) in [5.74, 6) is 0. The third-order valence-electron chi connectivity index (χ3n) is 2.62. The van der Waals surface area contributed by atoms with Crippen molar-refractivity contribution in [1.82, 2.24) is 20.4 Å². The van der Waals surface area contributed by atoms with Crippen LogP contribution in [0.5, 0.6) is 0 Å². The number of nitrogens with one attached hydrogen (secondary N) is 2. The number of aromatic nitrogens is 2. The molecule has 0 amide bonds. The second-order valence-electron chi connectivity index (χ2n) is 4.10. The summed E-state index contributed by atoms with van der Waals surface area (Å²) in [5.41, 5.74) is 0. The molecular weight excluding hydrogens is 188 g/mol. The van der Waals surface area contributed by atoms with Crippen molar-refractivity contribution in [2.24, 2.45) is 0 Å².